The van der Waals surface area contributed by atoms with Gasteiger partial charge in [0.15, 0.2) is 0 Å². The highest BCUT2D eigenvalue weighted by Gasteiger charge is 2.23. The van der Waals surface area contributed by atoms with E-state index in [1.165, 1.54) is 0 Å². The van der Waals surface area contributed by atoms with Crippen LogP contribution in [0.15, 0.2) is 18.5 Å². The number of hydrogen-bond acceptors (Lipinski definition) is 4. The van der Waals surface area contributed by atoms with E-state index in [-0.39, 0.29) is 6.10 Å². The summed E-state index contributed by atoms with van der Waals surface area (Å²) < 4.78 is 5.60. The van der Waals surface area contributed by atoms with Gasteiger partial charge >= 0.3 is 0 Å². The predicted molar refractivity (Wildman–Crippen MR) is 77.3 cm³/mol. The predicted octanol–water partition coefficient (Wildman–Crippen LogP) is 2.32. The van der Waals surface area contributed by atoms with Crippen molar-refractivity contribution >= 4 is 0 Å². The van der Waals surface area contributed by atoms with Crippen LogP contribution < -0.4 is 10.1 Å². The van der Waals surface area contributed by atoms with E-state index in [4.69, 9.17) is 4.74 Å². The van der Waals surface area contributed by atoms with Crippen molar-refractivity contribution in [2.75, 3.05) is 13.1 Å². The molecule has 0 aliphatic heterocycles. The number of nitrogens with zero attached hydrogens (tertiary/aromatic N) is 1. The average molecular weight is 266 g/mol. The summed E-state index contributed by atoms with van der Waals surface area (Å²) in [7, 11) is 0. The van der Waals surface area contributed by atoms with Gasteiger partial charge in [-0.05, 0) is 39.3 Å². The molecule has 0 spiro atoms. The summed E-state index contributed by atoms with van der Waals surface area (Å²) in [4.78, 5) is 4.13. The van der Waals surface area contributed by atoms with Crippen LogP contribution in [0.2, 0.25) is 0 Å². The first kappa shape index (κ1) is 15.9. The first-order valence-corrected chi connectivity index (χ1v) is 6.86. The molecule has 0 saturated heterocycles. The van der Waals surface area contributed by atoms with Crippen molar-refractivity contribution in [3.8, 4) is 5.75 Å². The van der Waals surface area contributed by atoms with E-state index in [0.29, 0.717) is 18.2 Å². The lowest BCUT2D eigenvalue weighted by Gasteiger charge is -2.25. The summed E-state index contributed by atoms with van der Waals surface area (Å²) in [6.45, 7) is 11.4. The molecular weight excluding hydrogens is 240 g/mol. The van der Waals surface area contributed by atoms with Gasteiger partial charge in [-0.25, -0.2) is 0 Å². The maximum Gasteiger partial charge on any atom is 0.138 e. The minimum atomic E-state index is -0.946. The van der Waals surface area contributed by atoms with E-state index in [1.807, 2.05) is 19.9 Å². The van der Waals surface area contributed by atoms with Crippen LogP contribution in [0.4, 0.5) is 0 Å². The molecule has 0 aromatic carbocycles. The number of aromatic nitrogens is 1. The van der Waals surface area contributed by atoms with E-state index in [1.54, 1.807) is 19.3 Å². The lowest BCUT2D eigenvalue weighted by molar-refractivity contribution is 0.0556. The zero-order valence-corrected chi connectivity index (χ0v) is 12.6. The Bertz CT molecular complexity index is 389. The van der Waals surface area contributed by atoms with Gasteiger partial charge in [-0.15, -0.1) is 0 Å². The van der Waals surface area contributed by atoms with Gasteiger partial charge in [-0.1, -0.05) is 13.8 Å². The standard InChI is InChI=1S/C15H26N2O2/c1-11(2)7-17-10-15(5,18)13-6-14(9-16-8-13)19-12(3)4/h6,8-9,11-12,17-18H,7,10H2,1-5H3. The average Bonchev–Trinajstić information content (AvgIpc) is 2.27. The fraction of sp³-hybridized carbons (Fsp3) is 0.667. The summed E-state index contributed by atoms with van der Waals surface area (Å²) in [5.41, 5.74) is -0.181. The molecule has 1 rings (SSSR count). The van der Waals surface area contributed by atoms with Crippen LogP contribution in [0, 0.1) is 5.92 Å². The third-order valence-corrected chi connectivity index (χ3v) is 2.73. The van der Waals surface area contributed by atoms with Crippen LogP contribution in [0.3, 0.4) is 0 Å². The minimum absolute atomic E-state index is 0.0982. The lowest BCUT2D eigenvalue weighted by atomic mass is 9.97. The molecule has 0 saturated carbocycles. The molecule has 1 aromatic rings. The molecule has 1 heterocycles. The smallest absolute Gasteiger partial charge is 0.138 e. The molecule has 19 heavy (non-hydrogen) atoms. The second kappa shape index (κ2) is 6.87. The summed E-state index contributed by atoms with van der Waals surface area (Å²) in [6, 6.07) is 1.85. The van der Waals surface area contributed by atoms with Crippen LogP contribution in [-0.2, 0) is 5.60 Å². The van der Waals surface area contributed by atoms with Crippen LogP contribution in [-0.4, -0.2) is 29.3 Å². The van der Waals surface area contributed by atoms with Gasteiger partial charge in [-0.2, -0.15) is 0 Å². The molecule has 0 bridgehead atoms. The normalized spacial score (nSPS) is 14.7. The Balaban J connectivity index is 2.71. The van der Waals surface area contributed by atoms with Crippen LogP contribution >= 0.6 is 0 Å². The highest BCUT2D eigenvalue weighted by Crippen LogP contribution is 2.23. The first-order chi connectivity index (χ1) is 8.81. The quantitative estimate of drug-likeness (QED) is 0.795. The minimum Gasteiger partial charge on any atom is -0.489 e. The van der Waals surface area contributed by atoms with Gasteiger partial charge in [0.2, 0.25) is 0 Å². The Hall–Kier alpha value is -1.13. The maximum atomic E-state index is 10.5. The number of hydrogen-bond donors (Lipinski definition) is 2. The monoisotopic (exact) mass is 266 g/mol. The van der Waals surface area contributed by atoms with E-state index < -0.39 is 5.60 Å². The molecule has 108 valence electrons. The van der Waals surface area contributed by atoms with Gasteiger partial charge in [0.25, 0.3) is 0 Å². The molecule has 1 atom stereocenters. The molecule has 0 amide bonds. The van der Waals surface area contributed by atoms with Crippen molar-refractivity contribution in [2.24, 2.45) is 5.92 Å². The highest BCUT2D eigenvalue weighted by molar-refractivity contribution is 5.28. The Labute approximate surface area is 116 Å². The van der Waals surface area contributed by atoms with Crippen LogP contribution in [0.25, 0.3) is 0 Å². The van der Waals surface area contributed by atoms with Crippen molar-refractivity contribution in [3.63, 3.8) is 0 Å². The van der Waals surface area contributed by atoms with Gasteiger partial charge in [0.05, 0.1) is 12.3 Å². The third kappa shape index (κ3) is 5.57. The molecule has 4 heteroatoms. The second-order valence-corrected chi connectivity index (χ2v) is 5.87. The van der Waals surface area contributed by atoms with Gasteiger partial charge in [0.1, 0.15) is 11.4 Å². The molecule has 0 radical (unpaired) electrons. The fourth-order valence-electron chi connectivity index (χ4n) is 1.76. The first-order valence-electron chi connectivity index (χ1n) is 6.86. The molecule has 0 aliphatic rings. The highest BCUT2D eigenvalue weighted by atomic mass is 16.5. The number of ether oxygens (including phenoxy) is 1. The van der Waals surface area contributed by atoms with E-state index in [9.17, 15) is 5.11 Å². The molecule has 4 nitrogen and oxygen atoms in total. The number of rotatable bonds is 7. The Morgan fingerprint density at radius 3 is 2.58 bits per heavy atom. The molecule has 0 aliphatic carbocycles. The SMILES string of the molecule is CC(C)CNCC(C)(O)c1cncc(OC(C)C)c1. The van der Waals surface area contributed by atoms with E-state index >= 15 is 0 Å². The van der Waals surface area contributed by atoms with Gasteiger partial charge < -0.3 is 15.2 Å². The summed E-state index contributed by atoms with van der Waals surface area (Å²) in [6.07, 6.45) is 3.45. The molecule has 1 unspecified atom stereocenters. The van der Waals surface area contributed by atoms with Gasteiger partial charge in [-0.3, -0.25) is 4.98 Å². The number of pyridine rings is 1. The van der Waals surface area contributed by atoms with Crippen molar-refractivity contribution in [2.45, 2.75) is 46.3 Å². The summed E-state index contributed by atoms with van der Waals surface area (Å²) in [5, 5.41) is 13.8. The van der Waals surface area contributed by atoms with Crippen molar-refractivity contribution in [1.82, 2.24) is 10.3 Å². The Morgan fingerprint density at radius 2 is 2.00 bits per heavy atom. The van der Waals surface area contributed by atoms with E-state index in [0.717, 1.165) is 12.1 Å². The number of aliphatic hydroxyl groups is 1. The summed E-state index contributed by atoms with van der Waals surface area (Å²) in [5.74, 6) is 1.25. The summed E-state index contributed by atoms with van der Waals surface area (Å²) >= 11 is 0. The van der Waals surface area contributed by atoms with Crippen LogP contribution in [0.1, 0.15) is 40.2 Å². The Morgan fingerprint density at radius 1 is 1.32 bits per heavy atom. The molecule has 0 fully saturated rings. The van der Waals surface area contributed by atoms with E-state index in [2.05, 4.69) is 24.1 Å². The third-order valence-electron chi connectivity index (χ3n) is 2.73. The van der Waals surface area contributed by atoms with Crippen molar-refractivity contribution in [3.05, 3.63) is 24.0 Å². The second-order valence-electron chi connectivity index (χ2n) is 5.87. The molecule has 1 aromatic heterocycles. The zero-order chi connectivity index (χ0) is 14.5. The van der Waals surface area contributed by atoms with Gasteiger partial charge in [0, 0.05) is 18.3 Å². The topological polar surface area (TPSA) is 54.4 Å². The van der Waals surface area contributed by atoms with Crippen LogP contribution in [0.5, 0.6) is 5.75 Å². The fourth-order valence-corrected chi connectivity index (χ4v) is 1.76. The maximum absolute atomic E-state index is 10.5. The van der Waals surface area contributed by atoms with Crippen molar-refractivity contribution in [1.29, 1.82) is 0 Å². The Kier molecular flexibility index (Phi) is 5.76. The lowest BCUT2D eigenvalue weighted by Crippen LogP contribution is -2.37. The number of nitrogens with one attached hydrogen (secondary N) is 1. The zero-order valence-electron chi connectivity index (χ0n) is 12.6. The van der Waals surface area contributed by atoms with Crippen molar-refractivity contribution < 1.29 is 9.84 Å². The molecular formula is C15H26N2O2. The largest absolute Gasteiger partial charge is 0.489 e. The molecule has 2 N–H and O–H groups in total.